The number of benzene rings is 1. The second-order valence-corrected chi connectivity index (χ2v) is 6.29. The summed E-state index contributed by atoms with van der Waals surface area (Å²) in [6.45, 7) is 14.3. The van der Waals surface area contributed by atoms with Crippen molar-refractivity contribution in [2.75, 3.05) is 38.2 Å². The minimum atomic E-state index is -0.797. The first-order valence-corrected chi connectivity index (χ1v) is 9.39. The second kappa shape index (κ2) is 11.1. The summed E-state index contributed by atoms with van der Waals surface area (Å²) >= 11 is 0. The molecular formula is C20H34N2O3. The van der Waals surface area contributed by atoms with Crippen LogP contribution < -0.4 is 10.1 Å². The lowest BCUT2D eigenvalue weighted by molar-refractivity contribution is -0.139. The second-order valence-electron chi connectivity index (χ2n) is 6.29. The zero-order valence-corrected chi connectivity index (χ0v) is 16.4. The van der Waals surface area contributed by atoms with E-state index in [9.17, 15) is 4.79 Å². The summed E-state index contributed by atoms with van der Waals surface area (Å²) in [6, 6.07) is 7.49. The van der Waals surface area contributed by atoms with E-state index >= 15 is 0 Å². The number of carbonyl (C=O) groups excluding carboxylic acids is 1. The van der Waals surface area contributed by atoms with Crippen LogP contribution in [0.1, 0.15) is 47.5 Å². The summed E-state index contributed by atoms with van der Waals surface area (Å²) in [7, 11) is 0. The number of ether oxygens (including phenoxy) is 2. The predicted octanol–water partition coefficient (Wildman–Crippen LogP) is 3.94. The summed E-state index contributed by atoms with van der Waals surface area (Å²) < 4.78 is 11.5. The number of hydrogen-bond acceptors (Lipinski definition) is 4. The Kier molecular flexibility index (Phi) is 9.53. The molecule has 0 spiro atoms. The first kappa shape index (κ1) is 21.5. The maximum absolute atomic E-state index is 12.5. The van der Waals surface area contributed by atoms with Crippen LogP contribution in [0.3, 0.4) is 0 Å². The zero-order valence-electron chi connectivity index (χ0n) is 16.4. The smallest absolute Gasteiger partial charge is 0.256 e. The first-order chi connectivity index (χ1) is 12.0. The number of hydrogen-bond donors (Lipinski definition) is 1. The van der Waals surface area contributed by atoms with Crippen LogP contribution >= 0.6 is 0 Å². The van der Waals surface area contributed by atoms with E-state index in [1.165, 1.54) is 0 Å². The van der Waals surface area contributed by atoms with Gasteiger partial charge >= 0.3 is 0 Å². The van der Waals surface area contributed by atoms with Crippen LogP contribution in [0, 0.1) is 0 Å². The van der Waals surface area contributed by atoms with Gasteiger partial charge in [-0.25, -0.2) is 0 Å². The molecular weight excluding hydrogens is 316 g/mol. The van der Waals surface area contributed by atoms with Gasteiger partial charge in [-0.05, 0) is 57.1 Å². The van der Waals surface area contributed by atoms with Gasteiger partial charge < -0.3 is 19.7 Å². The Labute approximate surface area is 152 Å². The number of amides is 1. The SMILES string of the molecule is CCCOC(C)(CC)C(=O)Nc1ccc(OCCN(CC)CC)cc1. The lowest BCUT2D eigenvalue weighted by Gasteiger charge is -2.27. The van der Waals surface area contributed by atoms with E-state index in [0.717, 1.165) is 37.5 Å². The minimum Gasteiger partial charge on any atom is -0.492 e. The molecule has 1 N–H and O–H groups in total. The third-order valence-electron chi connectivity index (χ3n) is 4.46. The van der Waals surface area contributed by atoms with Crippen molar-refractivity contribution in [2.45, 2.75) is 53.1 Å². The molecule has 0 saturated carbocycles. The Hall–Kier alpha value is -1.59. The summed E-state index contributed by atoms with van der Waals surface area (Å²) in [6.07, 6.45) is 1.52. The van der Waals surface area contributed by atoms with Gasteiger partial charge in [-0.3, -0.25) is 4.79 Å². The number of nitrogens with one attached hydrogen (secondary N) is 1. The van der Waals surface area contributed by atoms with Crippen LogP contribution in [0.2, 0.25) is 0 Å². The van der Waals surface area contributed by atoms with Gasteiger partial charge in [-0.2, -0.15) is 0 Å². The van der Waals surface area contributed by atoms with E-state index in [1.54, 1.807) is 0 Å². The highest BCUT2D eigenvalue weighted by Gasteiger charge is 2.32. The molecule has 142 valence electrons. The van der Waals surface area contributed by atoms with Gasteiger partial charge in [0.25, 0.3) is 5.91 Å². The molecule has 5 heteroatoms. The topological polar surface area (TPSA) is 50.8 Å². The van der Waals surface area contributed by atoms with Crippen molar-refractivity contribution in [3.05, 3.63) is 24.3 Å². The molecule has 1 atom stereocenters. The number of rotatable bonds is 12. The number of nitrogens with zero attached hydrogens (tertiary/aromatic N) is 1. The highest BCUT2D eigenvalue weighted by atomic mass is 16.5. The van der Waals surface area contributed by atoms with Gasteiger partial charge in [-0.1, -0.05) is 27.7 Å². The van der Waals surface area contributed by atoms with Crippen molar-refractivity contribution in [1.82, 2.24) is 4.90 Å². The quantitative estimate of drug-likeness (QED) is 0.620. The number of likely N-dealkylation sites (N-methyl/N-ethyl adjacent to an activating group) is 1. The molecule has 1 amide bonds. The van der Waals surface area contributed by atoms with Crippen LogP contribution in [-0.4, -0.2) is 49.3 Å². The molecule has 0 heterocycles. The lowest BCUT2D eigenvalue weighted by atomic mass is 10.0. The van der Waals surface area contributed by atoms with Crippen LogP contribution in [0.25, 0.3) is 0 Å². The summed E-state index contributed by atoms with van der Waals surface area (Å²) in [5.74, 6) is 0.698. The number of carbonyl (C=O) groups is 1. The molecule has 0 aliphatic rings. The van der Waals surface area contributed by atoms with Crippen molar-refractivity contribution < 1.29 is 14.3 Å². The van der Waals surface area contributed by atoms with E-state index in [1.807, 2.05) is 45.0 Å². The predicted molar refractivity (Wildman–Crippen MR) is 103 cm³/mol. The molecule has 0 bridgehead atoms. The first-order valence-electron chi connectivity index (χ1n) is 9.39. The van der Waals surface area contributed by atoms with E-state index < -0.39 is 5.60 Å². The Morgan fingerprint density at radius 2 is 1.72 bits per heavy atom. The molecule has 5 nitrogen and oxygen atoms in total. The molecule has 25 heavy (non-hydrogen) atoms. The number of anilines is 1. The van der Waals surface area contributed by atoms with Gasteiger partial charge in [0.1, 0.15) is 18.0 Å². The van der Waals surface area contributed by atoms with Crippen molar-refractivity contribution >= 4 is 11.6 Å². The molecule has 1 rings (SSSR count). The Morgan fingerprint density at radius 1 is 1.08 bits per heavy atom. The van der Waals surface area contributed by atoms with Crippen LogP contribution in [0.5, 0.6) is 5.75 Å². The molecule has 1 aromatic rings. The third kappa shape index (κ3) is 7.04. The highest BCUT2D eigenvalue weighted by Crippen LogP contribution is 2.21. The van der Waals surface area contributed by atoms with Crippen LogP contribution in [-0.2, 0) is 9.53 Å². The van der Waals surface area contributed by atoms with Gasteiger partial charge in [0.2, 0.25) is 0 Å². The molecule has 0 radical (unpaired) electrons. The third-order valence-corrected chi connectivity index (χ3v) is 4.46. The summed E-state index contributed by atoms with van der Waals surface area (Å²) in [5, 5.41) is 2.93. The maximum atomic E-state index is 12.5. The van der Waals surface area contributed by atoms with E-state index in [4.69, 9.17) is 9.47 Å². The molecule has 0 saturated heterocycles. The Morgan fingerprint density at radius 3 is 2.24 bits per heavy atom. The molecule has 1 unspecified atom stereocenters. The van der Waals surface area contributed by atoms with E-state index in [0.29, 0.717) is 19.6 Å². The maximum Gasteiger partial charge on any atom is 0.256 e. The Balaban J connectivity index is 2.54. The fraction of sp³-hybridized carbons (Fsp3) is 0.650. The molecule has 0 aliphatic heterocycles. The zero-order chi connectivity index (χ0) is 18.7. The van der Waals surface area contributed by atoms with Gasteiger partial charge in [0.15, 0.2) is 0 Å². The van der Waals surface area contributed by atoms with Gasteiger partial charge in [0, 0.05) is 18.8 Å². The largest absolute Gasteiger partial charge is 0.492 e. The van der Waals surface area contributed by atoms with Crippen LogP contribution in [0.15, 0.2) is 24.3 Å². The van der Waals surface area contributed by atoms with E-state index in [2.05, 4.69) is 24.1 Å². The summed E-state index contributed by atoms with van der Waals surface area (Å²) in [4.78, 5) is 14.8. The van der Waals surface area contributed by atoms with Crippen LogP contribution in [0.4, 0.5) is 5.69 Å². The van der Waals surface area contributed by atoms with Crippen molar-refractivity contribution in [2.24, 2.45) is 0 Å². The summed E-state index contributed by atoms with van der Waals surface area (Å²) in [5.41, 5.74) is -0.0459. The minimum absolute atomic E-state index is 0.112. The Bertz CT molecular complexity index is 500. The van der Waals surface area contributed by atoms with Crippen molar-refractivity contribution in [3.63, 3.8) is 0 Å². The average molecular weight is 351 g/mol. The van der Waals surface area contributed by atoms with Gasteiger partial charge in [-0.15, -0.1) is 0 Å². The van der Waals surface area contributed by atoms with Crippen molar-refractivity contribution in [1.29, 1.82) is 0 Å². The normalized spacial score (nSPS) is 13.5. The molecule has 0 fully saturated rings. The molecule has 0 aromatic heterocycles. The van der Waals surface area contributed by atoms with Crippen molar-refractivity contribution in [3.8, 4) is 5.75 Å². The standard InChI is InChI=1S/C20H34N2O3/c1-6-15-25-20(5,7-2)19(23)21-17-10-12-18(13-11-17)24-16-14-22(8-3)9-4/h10-13H,6-9,14-16H2,1-5H3,(H,21,23). The monoisotopic (exact) mass is 350 g/mol. The fourth-order valence-corrected chi connectivity index (χ4v) is 2.39. The molecule has 0 aliphatic carbocycles. The highest BCUT2D eigenvalue weighted by molar-refractivity contribution is 5.97. The van der Waals surface area contributed by atoms with Gasteiger partial charge in [0.05, 0.1) is 0 Å². The lowest BCUT2D eigenvalue weighted by Crippen LogP contribution is -2.42. The fourth-order valence-electron chi connectivity index (χ4n) is 2.39. The molecule has 1 aromatic carbocycles. The average Bonchev–Trinajstić information content (AvgIpc) is 2.64. The van der Waals surface area contributed by atoms with E-state index in [-0.39, 0.29) is 5.91 Å².